The minimum atomic E-state index is -0.113. The predicted octanol–water partition coefficient (Wildman–Crippen LogP) is 1.67. The average molecular weight is 262 g/mol. The molecule has 4 heteroatoms. The van der Waals surface area contributed by atoms with Crippen molar-refractivity contribution in [3.05, 3.63) is 35.4 Å². The van der Waals surface area contributed by atoms with Crippen LogP contribution in [-0.4, -0.2) is 30.6 Å². The molecule has 0 spiro atoms. The van der Waals surface area contributed by atoms with Gasteiger partial charge in [-0.2, -0.15) is 0 Å². The van der Waals surface area contributed by atoms with Crippen molar-refractivity contribution in [2.75, 3.05) is 13.7 Å². The van der Waals surface area contributed by atoms with Crippen LogP contribution in [0.3, 0.4) is 0 Å². The zero-order chi connectivity index (χ0) is 13.7. The van der Waals surface area contributed by atoms with Crippen molar-refractivity contribution in [1.29, 1.82) is 0 Å². The molecule has 0 radical (unpaired) electrons. The van der Waals surface area contributed by atoms with Crippen LogP contribution in [0.5, 0.6) is 0 Å². The molecule has 0 bridgehead atoms. The fourth-order valence-corrected chi connectivity index (χ4v) is 2.60. The van der Waals surface area contributed by atoms with E-state index in [4.69, 9.17) is 10.5 Å². The number of hydrogen-bond acceptors (Lipinski definition) is 4. The lowest BCUT2D eigenvalue weighted by atomic mass is 10.0. The number of nitrogens with two attached hydrogens (primary N) is 1. The molecule has 1 aromatic carbocycles. The van der Waals surface area contributed by atoms with Gasteiger partial charge in [0.1, 0.15) is 6.04 Å². The summed E-state index contributed by atoms with van der Waals surface area (Å²) in [5, 5.41) is 0. The molecule has 1 aromatic rings. The van der Waals surface area contributed by atoms with Gasteiger partial charge in [0.2, 0.25) is 0 Å². The van der Waals surface area contributed by atoms with Crippen molar-refractivity contribution in [3.63, 3.8) is 0 Å². The summed E-state index contributed by atoms with van der Waals surface area (Å²) in [6.07, 6.45) is 3.14. The number of carbonyl (C=O) groups excluding carboxylic acids is 1. The smallest absolute Gasteiger partial charge is 0.323 e. The molecule has 0 amide bonds. The maximum Gasteiger partial charge on any atom is 0.323 e. The van der Waals surface area contributed by atoms with Crippen molar-refractivity contribution in [2.45, 2.75) is 38.4 Å². The molecular weight excluding hydrogens is 240 g/mol. The molecule has 4 nitrogen and oxygen atoms in total. The Morgan fingerprint density at radius 3 is 2.63 bits per heavy atom. The highest BCUT2D eigenvalue weighted by atomic mass is 16.5. The molecule has 1 fully saturated rings. The summed E-state index contributed by atoms with van der Waals surface area (Å²) in [7, 11) is 1.46. The fraction of sp³-hybridized carbons (Fsp3) is 0.533. The van der Waals surface area contributed by atoms with Gasteiger partial charge in [0.05, 0.1) is 7.11 Å². The number of likely N-dealkylation sites (tertiary alicyclic amines) is 1. The molecule has 1 saturated heterocycles. The van der Waals surface area contributed by atoms with Crippen LogP contribution in [0.2, 0.25) is 0 Å². The van der Waals surface area contributed by atoms with Crippen LogP contribution in [0.1, 0.15) is 30.4 Å². The maximum absolute atomic E-state index is 11.8. The molecule has 0 aromatic heterocycles. The van der Waals surface area contributed by atoms with Crippen LogP contribution in [-0.2, 0) is 22.6 Å². The van der Waals surface area contributed by atoms with E-state index in [1.807, 2.05) is 12.1 Å². The van der Waals surface area contributed by atoms with E-state index in [1.54, 1.807) is 0 Å². The van der Waals surface area contributed by atoms with Crippen LogP contribution < -0.4 is 5.73 Å². The Labute approximate surface area is 114 Å². The summed E-state index contributed by atoms with van der Waals surface area (Å²) >= 11 is 0. The zero-order valence-corrected chi connectivity index (χ0v) is 11.5. The second-order valence-electron chi connectivity index (χ2n) is 5.03. The molecule has 0 aliphatic carbocycles. The van der Waals surface area contributed by atoms with E-state index in [1.165, 1.54) is 12.7 Å². The highest BCUT2D eigenvalue weighted by Gasteiger charge is 2.29. The summed E-state index contributed by atoms with van der Waals surface area (Å²) in [6, 6.07) is 8.18. The molecule has 19 heavy (non-hydrogen) atoms. The molecule has 1 atom stereocenters. The van der Waals surface area contributed by atoms with Gasteiger partial charge in [-0.15, -0.1) is 0 Å². The Bertz CT molecular complexity index is 417. The van der Waals surface area contributed by atoms with Gasteiger partial charge >= 0.3 is 5.97 Å². The Balaban J connectivity index is 2.03. The number of hydrogen-bond donors (Lipinski definition) is 1. The monoisotopic (exact) mass is 262 g/mol. The van der Waals surface area contributed by atoms with Crippen LogP contribution in [0.25, 0.3) is 0 Å². The predicted molar refractivity (Wildman–Crippen MR) is 74.4 cm³/mol. The van der Waals surface area contributed by atoms with E-state index >= 15 is 0 Å². The number of ether oxygens (including phenoxy) is 1. The first-order chi connectivity index (χ1) is 9.24. The highest BCUT2D eigenvalue weighted by molar-refractivity contribution is 5.75. The van der Waals surface area contributed by atoms with Crippen molar-refractivity contribution in [3.8, 4) is 0 Å². The summed E-state index contributed by atoms with van der Waals surface area (Å²) in [5.74, 6) is -0.113. The van der Waals surface area contributed by atoms with E-state index < -0.39 is 0 Å². The first kappa shape index (κ1) is 14.0. The minimum absolute atomic E-state index is 0.0899. The first-order valence-corrected chi connectivity index (χ1v) is 6.84. The number of nitrogens with zero attached hydrogens (tertiary/aromatic N) is 1. The number of rotatable bonds is 4. The molecule has 1 heterocycles. The molecule has 0 saturated carbocycles. The van der Waals surface area contributed by atoms with Crippen molar-refractivity contribution >= 4 is 5.97 Å². The number of benzene rings is 1. The molecule has 2 rings (SSSR count). The van der Waals surface area contributed by atoms with Crippen LogP contribution in [0.4, 0.5) is 0 Å². The molecular formula is C15H22N2O2. The molecule has 2 N–H and O–H groups in total. The summed E-state index contributed by atoms with van der Waals surface area (Å²) in [5.41, 5.74) is 7.94. The number of esters is 1. The van der Waals surface area contributed by atoms with Gasteiger partial charge in [0.15, 0.2) is 0 Å². The Morgan fingerprint density at radius 1 is 1.32 bits per heavy atom. The summed E-state index contributed by atoms with van der Waals surface area (Å²) in [6.45, 7) is 2.32. The lowest BCUT2D eigenvalue weighted by Crippen LogP contribution is -2.44. The van der Waals surface area contributed by atoms with Gasteiger partial charge in [-0.3, -0.25) is 9.69 Å². The van der Waals surface area contributed by atoms with Gasteiger partial charge in [-0.25, -0.2) is 0 Å². The van der Waals surface area contributed by atoms with Gasteiger partial charge in [0.25, 0.3) is 0 Å². The summed E-state index contributed by atoms with van der Waals surface area (Å²) < 4.78 is 4.90. The lowest BCUT2D eigenvalue weighted by Gasteiger charge is -2.33. The lowest BCUT2D eigenvalue weighted by molar-refractivity contribution is -0.148. The second-order valence-corrected chi connectivity index (χ2v) is 5.03. The van der Waals surface area contributed by atoms with Crippen LogP contribution in [0, 0.1) is 0 Å². The first-order valence-electron chi connectivity index (χ1n) is 6.84. The minimum Gasteiger partial charge on any atom is -0.468 e. The molecule has 104 valence electrons. The van der Waals surface area contributed by atoms with Crippen molar-refractivity contribution < 1.29 is 9.53 Å². The normalized spacial score (nSPS) is 20.2. The Hall–Kier alpha value is -1.39. The number of methoxy groups -OCH3 is 1. The zero-order valence-electron chi connectivity index (χ0n) is 11.5. The molecule has 1 aliphatic heterocycles. The topological polar surface area (TPSA) is 55.6 Å². The number of piperidine rings is 1. The van der Waals surface area contributed by atoms with Crippen LogP contribution >= 0.6 is 0 Å². The van der Waals surface area contributed by atoms with Gasteiger partial charge in [0, 0.05) is 13.1 Å². The van der Waals surface area contributed by atoms with E-state index in [9.17, 15) is 4.79 Å². The standard InChI is InChI=1S/C15H22N2O2/c1-19-15(18)14-4-2-3-9-17(14)11-13-7-5-12(10-16)6-8-13/h5-8,14H,2-4,9-11,16H2,1H3. The van der Waals surface area contributed by atoms with E-state index in [0.29, 0.717) is 6.54 Å². The molecule has 1 aliphatic rings. The molecule has 1 unspecified atom stereocenters. The van der Waals surface area contributed by atoms with Gasteiger partial charge < -0.3 is 10.5 Å². The third-order valence-corrected chi connectivity index (χ3v) is 3.73. The second kappa shape index (κ2) is 6.68. The third-order valence-electron chi connectivity index (χ3n) is 3.73. The number of carbonyl (C=O) groups is 1. The van der Waals surface area contributed by atoms with E-state index in [0.717, 1.165) is 37.9 Å². The SMILES string of the molecule is COC(=O)C1CCCCN1Cc1ccc(CN)cc1. The van der Waals surface area contributed by atoms with Crippen molar-refractivity contribution in [2.24, 2.45) is 5.73 Å². The van der Waals surface area contributed by atoms with Crippen molar-refractivity contribution in [1.82, 2.24) is 4.90 Å². The van der Waals surface area contributed by atoms with E-state index in [2.05, 4.69) is 17.0 Å². The largest absolute Gasteiger partial charge is 0.468 e. The Kier molecular flexibility index (Phi) is 4.93. The van der Waals surface area contributed by atoms with Gasteiger partial charge in [-0.05, 0) is 30.5 Å². The summed E-state index contributed by atoms with van der Waals surface area (Å²) in [4.78, 5) is 14.0. The highest BCUT2D eigenvalue weighted by Crippen LogP contribution is 2.20. The fourth-order valence-electron chi connectivity index (χ4n) is 2.60. The quantitative estimate of drug-likeness (QED) is 0.839. The maximum atomic E-state index is 11.8. The third kappa shape index (κ3) is 3.55. The van der Waals surface area contributed by atoms with Gasteiger partial charge in [-0.1, -0.05) is 30.7 Å². The average Bonchev–Trinajstić information content (AvgIpc) is 2.48. The van der Waals surface area contributed by atoms with E-state index in [-0.39, 0.29) is 12.0 Å². The van der Waals surface area contributed by atoms with Crippen LogP contribution in [0.15, 0.2) is 24.3 Å². The Morgan fingerprint density at radius 2 is 2.00 bits per heavy atom.